The van der Waals surface area contributed by atoms with Crippen LogP contribution < -0.4 is 5.56 Å². The van der Waals surface area contributed by atoms with Gasteiger partial charge >= 0.3 is 0 Å². The van der Waals surface area contributed by atoms with E-state index in [2.05, 4.69) is 26.0 Å². The average Bonchev–Trinajstić information content (AvgIpc) is 3.04. The van der Waals surface area contributed by atoms with E-state index in [0.717, 1.165) is 10.2 Å². The minimum absolute atomic E-state index is 0.0447. The summed E-state index contributed by atoms with van der Waals surface area (Å²) in [7, 11) is 0. The van der Waals surface area contributed by atoms with E-state index in [4.69, 9.17) is 0 Å². The van der Waals surface area contributed by atoms with Crippen LogP contribution in [0.2, 0.25) is 0 Å². The summed E-state index contributed by atoms with van der Waals surface area (Å²) >= 11 is 3.31. The van der Waals surface area contributed by atoms with Gasteiger partial charge in [0.15, 0.2) is 5.82 Å². The van der Waals surface area contributed by atoms with Crippen LogP contribution in [0.25, 0.3) is 5.82 Å². The van der Waals surface area contributed by atoms with Crippen molar-refractivity contribution in [3.05, 3.63) is 44.9 Å². The number of aromatic amines is 1. The molecule has 1 aliphatic rings. The van der Waals surface area contributed by atoms with Gasteiger partial charge in [-0.1, -0.05) is 0 Å². The summed E-state index contributed by atoms with van der Waals surface area (Å²) in [6.45, 7) is 0. The van der Waals surface area contributed by atoms with Crippen LogP contribution in [0.4, 0.5) is 0 Å². The second kappa shape index (κ2) is 3.59. The fourth-order valence-electron chi connectivity index (χ4n) is 1.69. The van der Waals surface area contributed by atoms with E-state index < -0.39 is 0 Å². The summed E-state index contributed by atoms with van der Waals surface area (Å²) in [6.07, 6.45) is 4.03. The molecule has 5 heteroatoms. The zero-order valence-corrected chi connectivity index (χ0v) is 10.1. The molecule has 3 rings (SSSR count). The molecule has 1 N–H and O–H groups in total. The number of nitrogens with one attached hydrogen (secondary N) is 1. The first-order valence-corrected chi connectivity index (χ1v) is 5.97. The first-order chi connectivity index (χ1) is 7.74. The largest absolute Gasteiger partial charge is 0.293 e. The first kappa shape index (κ1) is 9.84. The van der Waals surface area contributed by atoms with Gasteiger partial charge in [-0.25, -0.2) is 9.67 Å². The standard InChI is InChI=1S/C11H10BrN3O/c12-8-3-4-10(13-6-8)15-11(16)5-9(14-15)7-1-2-7/h3-7,14H,1-2H2. The number of nitrogens with zero attached hydrogens (tertiary/aromatic N) is 2. The van der Waals surface area contributed by atoms with Gasteiger partial charge in [0.05, 0.1) is 0 Å². The van der Waals surface area contributed by atoms with Crippen LogP contribution in [0.1, 0.15) is 24.5 Å². The van der Waals surface area contributed by atoms with Crippen molar-refractivity contribution in [2.45, 2.75) is 18.8 Å². The molecule has 0 unspecified atom stereocenters. The quantitative estimate of drug-likeness (QED) is 0.916. The monoisotopic (exact) mass is 279 g/mol. The Labute approximate surface area is 100 Å². The van der Waals surface area contributed by atoms with E-state index in [-0.39, 0.29) is 5.56 Å². The van der Waals surface area contributed by atoms with Crippen molar-refractivity contribution in [2.75, 3.05) is 0 Å². The van der Waals surface area contributed by atoms with Crippen molar-refractivity contribution >= 4 is 15.9 Å². The van der Waals surface area contributed by atoms with Crippen molar-refractivity contribution in [2.24, 2.45) is 0 Å². The molecular formula is C11H10BrN3O. The van der Waals surface area contributed by atoms with Gasteiger partial charge < -0.3 is 0 Å². The van der Waals surface area contributed by atoms with E-state index >= 15 is 0 Å². The molecule has 0 atom stereocenters. The third-order valence-corrected chi connectivity index (χ3v) is 3.17. The normalized spacial score (nSPS) is 15.3. The average molecular weight is 280 g/mol. The smallest absolute Gasteiger partial charge is 0.272 e. The maximum Gasteiger partial charge on any atom is 0.272 e. The van der Waals surface area contributed by atoms with Gasteiger partial charge in [-0.3, -0.25) is 9.89 Å². The van der Waals surface area contributed by atoms with Crippen molar-refractivity contribution in [3.63, 3.8) is 0 Å². The third-order valence-electron chi connectivity index (χ3n) is 2.70. The van der Waals surface area contributed by atoms with Crippen molar-refractivity contribution in [1.29, 1.82) is 0 Å². The number of aromatic nitrogens is 3. The van der Waals surface area contributed by atoms with Crippen molar-refractivity contribution in [3.8, 4) is 5.82 Å². The molecule has 0 saturated heterocycles. The Morgan fingerprint density at radius 2 is 2.25 bits per heavy atom. The Morgan fingerprint density at radius 1 is 1.44 bits per heavy atom. The van der Waals surface area contributed by atoms with Gasteiger partial charge in [0.1, 0.15) is 0 Å². The van der Waals surface area contributed by atoms with Crippen molar-refractivity contribution < 1.29 is 0 Å². The number of rotatable bonds is 2. The van der Waals surface area contributed by atoms with E-state index in [0.29, 0.717) is 11.7 Å². The summed E-state index contributed by atoms with van der Waals surface area (Å²) in [5.41, 5.74) is 0.978. The maximum atomic E-state index is 11.7. The highest BCUT2D eigenvalue weighted by Gasteiger charge is 2.26. The number of hydrogen-bond donors (Lipinski definition) is 1. The highest BCUT2D eigenvalue weighted by molar-refractivity contribution is 9.10. The molecule has 0 spiro atoms. The van der Waals surface area contributed by atoms with Crippen LogP contribution in [-0.4, -0.2) is 14.8 Å². The molecule has 0 bridgehead atoms. The first-order valence-electron chi connectivity index (χ1n) is 5.18. The third kappa shape index (κ3) is 1.71. The molecule has 0 aromatic carbocycles. The van der Waals surface area contributed by atoms with Crippen LogP contribution >= 0.6 is 15.9 Å². The molecule has 1 aliphatic carbocycles. The second-order valence-electron chi connectivity index (χ2n) is 3.99. The van der Waals surface area contributed by atoms with E-state index in [1.165, 1.54) is 17.5 Å². The number of pyridine rings is 1. The Bertz CT molecular complexity index is 566. The molecule has 16 heavy (non-hydrogen) atoms. The Morgan fingerprint density at radius 3 is 2.88 bits per heavy atom. The number of halogens is 1. The molecule has 2 aromatic rings. The van der Waals surface area contributed by atoms with Gasteiger partial charge in [-0.15, -0.1) is 0 Å². The van der Waals surface area contributed by atoms with Crippen molar-refractivity contribution in [1.82, 2.24) is 14.8 Å². The fourth-order valence-corrected chi connectivity index (χ4v) is 1.92. The zero-order valence-electron chi connectivity index (χ0n) is 8.48. The van der Waals surface area contributed by atoms with E-state index in [1.54, 1.807) is 18.3 Å². The maximum absolute atomic E-state index is 11.7. The lowest BCUT2D eigenvalue weighted by atomic mass is 10.3. The lowest BCUT2D eigenvalue weighted by Gasteiger charge is -2.00. The van der Waals surface area contributed by atoms with Gasteiger partial charge in [-0.05, 0) is 40.9 Å². The lowest BCUT2D eigenvalue weighted by molar-refractivity contribution is 0.791. The molecule has 82 valence electrons. The van der Waals surface area contributed by atoms with Gasteiger partial charge in [-0.2, -0.15) is 0 Å². The molecule has 0 aliphatic heterocycles. The van der Waals surface area contributed by atoms with E-state index in [9.17, 15) is 4.79 Å². The Balaban J connectivity index is 2.05. The minimum Gasteiger partial charge on any atom is -0.293 e. The van der Waals surface area contributed by atoms with Gasteiger partial charge in [0, 0.05) is 28.3 Å². The summed E-state index contributed by atoms with van der Waals surface area (Å²) < 4.78 is 2.39. The molecule has 2 heterocycles. The minimum atomic E-state index is -0.0447. The zero-order chi connectivity index (χ0) is 11.1. The van der Waals surface area contributed by atoms with Crippen LogP contribution in [0.3, 0.4) is 0 Å². The number of hydrogen-bond acceptors (Lipinski definition) is 2. The van der Waals surface area contributed by atoms with E-state index in [1.807, 2.05) is 6.07 Å². The second-order valence-corrected chi connectivity index (χ2v) is 4.91. The van der Waals surface area contributed by atoms with Gasteiger partial charge in [0.25, 0.3) is 5.56 Å². The molecule has 1 saturated carbocycles. The van der Waals surface area contributed by atoms with Crippen LogP contribution in [0.15, 0.2) is 33.7 Å². The molecule has 0 radical (unpaired) electrons. The summed E-state index contributed by atoms with van der Waals surface area (Å²) in [4.78, 5) is 15.9. The summed E-state index contributed by atoms with van der Waals surface area (Å²) in [6, 6.07) is 5.34. The SMILES string of the molecule is O=c1cc(C2CC2)[nH]n1-c1ccc(Br)cn1. The molecule has 0 amide bonds. The topological polar surface area (TPSA) is 50.7 Å². The number of H-pyrrole nitrogens is 1. The predicted octanol–water partition coefficient (Wildman–Crippen LogP) is 2.20. The molecule has 1 fully saturated rings. The van der Waals surface area contributed by atoms with Gasteiger partial charge in [0.2, 0.25) is 0 Å². The molecular weight excluding hydrogens is 270 g/mol. The Kier molecular flexibility index (Phi) is 2.21. The fraction of sp³-hybridized carbons (Fsp3) is 0.273. The van der Waals surface area contributed by atoms with Crippen LogP contribution in [0.5, 0.6) is 0 Å². The summed E-state index contributed by atoms with van der Waals surface area (Å²) in [5, 5.41) is 3.11. The highest BCUT2D eigenvalue weighted by atomic mass is 79.9. The van der Waals surface area contributed by atoms with Crippen LogP contribution in [0, 0.1) is 0 Å². The highest BCUT2D eigenvalue weighted by Crippen LogP contribution is 2.38. The lowest BCUT2D eigenvalue weighted by Crippen LogP contribution is -2.14. The predicted molar refractivity (Wildman–Crippen MR) is 63.9 cm³/mol. The molecule has 2 aromatic heterocycles. The van der Waals surface area contributed by atoms with Crippen LogP contribution in [-0.2, 0) is 0 Å². The molecule has 4 nitrogen and oxygen atoms in total. The Hall–Kier alpha value is -1.36. The summed E-state index contributed by atoms with van der Waals surface area (Å²) in [5.74, 6) is 1.17.